The minimum atomic E-state index is -1.35. The molecular weight excluding hydrogens is 501 g/mol. The summed E-state index contributed by atoms with van der Waals surface area (Å²) in [6, 6.07) is 4.82. The van der Waals surface area contributed by atoms with Gasteiger partial charge in [0.15, 0.2) is 11.2 Å². The van der Waals surface area contributed by atoms with Crippen LogP contribution in [-0.2, 0) is 16.1 Å². The Labute approximate surface area is 193 Å². The number of benzene rings is 1. The first-order valence-electron chi connectivity index (χ1n) is 9.44. The predicted octanol–water partition coefficient (Wildman–Crippen LogP) is -0.746. The van der Waals surface area contributed by atoms with Crippen molar-refractivity contribution in [3.63, 3.8) is 0 Å². The standard InChI is InChI=1S/C19H19N7O6Se/c20-19-25-14-13(16(28)26-19)23-10(7-22-14)6-21-9-3-1-8(2-4-9)15(27)24-11(17(29)30)5-12(33)18(31)32/h1-4,7,11-12,21,33H,5-6H2,(H,24,27)(H,29,30)(H,31,32)(H3,20,22,25,26,28). The first-order valence-corrected chi connectivity index (χ1v) is 10.5. The van der Waals surface area contributed by atoms with Gasteiger partial charge in [-0.05, 0) is 0 Å². The molecule has 172 valence electrons. The fourth-order valence-electron chi connectivity index (χ4n) is 2.78. The molecule has 0 spiro atoms. The molecule has 2 heterocycles. The molecule has 0 aliphatic rings. The number of carbonyl (C=O) groups excluding carboxylic acids is 1. The Morgan fingerprint density at radius 3 is 2.45 bits per heavy atom. The van der Waals surface area contributed by atoms with Crippen molar-refractivity contribution in [2.24, 2.45) is 0 Å². The fourth-order valence-corrected chi connectivity index (χ4v) is 3.22. The number of rotatable bonds is 9. The van der Waals surface area contributed by atoms with Crippen LogP contribution in [0.25, 0.3) is 11.2 Å². The van der Waals surface area contributed by atoms with Crippen molar-refractivity contribution in [1.29, 1.82) is 0 Å². The summed E-state index contributed by atoms with van der Waals surface area (Å²) in [4.78, 5) is 60.1. The maximum atomic E-state index is 12.4. The second-order valence-electron chi connectivity index (χ2n) is 6.87. The van der Waals surface area contributed by atoms with Gasteiger partial charge in [-0.2, -0.15) is 4.98 Å². The Morgan fingerprint density at radius 2 is 1.82 bits per heavy atom. The molecule has 2 unspecified atom stereocenters. The van der Waals surface area contributed by atoms with Crippen LogP contribution < -0.4 is 21.9 Å². The third kappa shape index (κ3) is 6.02. The number of anilines is 2. The Kier molecular flexibility index (Phi) is 7.20. The zero-order valence-corrected chi connectivity index (χ0v) is 18.7. The Hall–Kier alpha value is -4.03. The van der Waals surface area contributed by atoms with Gasteiger partial charge in [-0.15, -0.1) is 0 Å². The van der Waals surface area contributed by atoms with Gasteiger partial charge in [-0.25, -0.2) is 9.97 Å². The number of amides is 1. The van der Waals surface area contributed by atoms with Crippen molar-refractivity contribution in [2.75, 3.05) is 11.1 Å². The molecule has 0 saturated heterocycles. The van der Waals surface area contributed by atoms with Crippen LogP contribution in [0.4, 0.5) is 11.6 Å². The van der Waals surface area contributed by atoms with Gasteiger partial charge < -0.3 is 5.73 Å². The number of carboxylic acids is 2. The van der Waals surface area contributed by atoms with Crippen LogP contribution in [0, 0.1) is 0 Å². The number of nitrogen functional groups attached to an aromatic ring is 1. The molecule has 0 aliphatic heterocycles. The second kappa shape index (κ2) is 10.1. The zero-order chi connectivity index (χ0) is 24.1. The molecule has 0 bridgehead atoms. The zero-order valence-electron chi connectivity index (χ0n) is 16.8. The number of nitrogens with zero attached hydrogens (tertiary/aromatic N) is 3. The molecule has 3 aromatic rings. The number of hydrogen-bond acceptors (Lipinski definition) is 9. The van der Waals surface area contributed by atoms with Gasteiger partial charge in [-0.1, -0.05) is 0 Å². The number of carboxylic acid groups (broad SMARTS) is 2. The minimum Gasteiger partial charge on any atom is -0.291 e. The Balaban J connectivity index is 1.63. The van der Waals surface area contributed by atoms with Crippen molar-refractivity contribution in [3.8, 4) is 0 Å². The van der Waals surface area contributed by atoms with Gasteiger partial charge in [0.2, 0.25) is 5.95 Å². The quantitative estimate of drug-likeness (QED) is 0.193. The number of carbonyl (C=O) groups is 3. The van der Waals surface area contributed by atoms with Crippen molar-refractivity contribution in [1.82, 2.24) is 25.3 Å². The molecule has 3 rings (SSSR count). The molecular formula is C19H19N7O6Se. The van der Waals surface area contributed by atoms with Crippen LogP contribution in [0.3, 0.4) is 0 Å². The molecule has 0 aliphatic carbocycles. The second-order valence-corrected chi connectivity index (χ2v) is 8.18. The molecule has 0 saturated carbocycles. The van der Waals surface area contributed by atoms with Gasteiger partial charge in [0.25, 0.3) is 5.56 Å². The van der Waals surface area contributed by atoms with Crippen LogP contribution in [0.5, 0.6) is 0 Å². The summed E-state index contributed by atoms with van der Waals surface area (Å²) in [6.07, 6.45) is 1.18. The molecule has 7 N–H and O–H groups in total. The third-order valence-corrected chi connectivity index (χ3v) is 5.36. The largest absolute Gasteiger partial charge is 0.291 e. The number of hydrogen-bond donors (Lipinski definition) is 6. The number of aromatic nitrogens is 4. The van der Waals surface area contributed by atoms with Gasteiger partial charge >= 0.3 is 134 Å². The average molecular weight is 520 g/mol. The van der Waals surface area contributed by atoms with E-state index in [9.17, 15) is 24.3 Å². The maximum Gasteiger partial charge on any atom is 0.280 e. The molecule has 14 heteroatoms. The summed E-state index contributed by atoms with van der Waals surface area (Å²) in [5.74, 6) is -3.20. The van der Waals surface area contributed by atoms with Crippen LogP contribution in [0.15, 0.2) is 35.3 Å². The number of aromatic amines is 1. The van der Waals surface area contributed by atoms with Crippen molar-refractivity contribution >= 4 is 56.7 Å². The summed E-state index contributed by atoms with van der Waals surface area (Å²) in [7, 11) is 0. The van der Waals surface area contributed by atoms with E-state index in [-0.39, 0.29) is 35.6 Å². The number of nitrogens with two attached hydrogens (primary N) is 1. The van der Waals surface area contributed by atoms with E-state index in [0.29, 0.717) is 11.4 Å². The molecule has 2 atom stereocenters. The van der Waals surface area contributed by atoms with E-state index < -0.39 is 34.3 Å². The van der Waals surface area contributed by atoms with Gasteiger partial charge in [0.05, 0.1) is 6.20 Å². The van der Waals surface area contributed by atoms with Gasteiger partial charge in [-0.3, -0.25) is 9.78 Å². The number of aliphatic carboxylic acids is 2. The topological polar surface area (TPSA) is 213 Å². The monoisotopic (exact) mass is 521 g/mol. The number of nitrogens with one attached hydrogen (secondary N) is 3. The first-order chi connectivity index (χ1) is 15.6. The van der Waals surface area contributed by atoms with Crippen molar-refractivity contribution in [3.05, 3.63) is 52.1 Å². The molecule has 0 fully saturated rings. The minimum absolute atomic E-state index is 0.0537. The van der Waals surface area contributed by atoms with Crippen molar-refractivity contribution in [2.45, 2.75) is 23.8 Å². The predicted molar refractivity (Wildman–Crippen MR) is 118 cm³/mol. The number of H-pyrrole nitrogens is 1. The summed E-state index contributed by atoms with van der Waals surface area (Å²) in [5, 5.41) is 23.6. The summed E-state index contributed by atoms with van der Waals surface area (Å²) in [5.41, 5.74) is 6.46. The maximum absolute atomic E-state index is 12.4. The van der Waals surface area contributed by atoms with Crippen LogP contribution in [0.2, 0.25) is 4.82 Å². The molecule has 13 nitrogen and oxygen atoms in total. The van der Waals surface area contributed by atoms with E-state index in [2.05, 4.69) is 30.6 Å². The smallest absolute Gasteiger partial charge is 0.280 e. The Morgan fingerprint density at radius 1 is 1.12 bits per heavy atom. The first kappa shape index (κ1) is 23.6. The van der Waals surface area contributed by atoms with E-state index in [4.69, 9.17) is 10.8 Å². The SMILES string of the molecule is Nc1nc2ncc(CNc3ccc(C(=O)NC(CC([SeH])C(=O)O)C(=O)O)cc3)nc2c(=O)[nH]1. The van der Waals surface area contributed by atoms with Crippen LogP contribution >= 0.6 is 0 Å². The van der Waals surface area contributed by atoms with E-state index in [1.165, 1.54) is 18.3 Å². The Bertz CT molecular complexity index is 1260. The van der Waals surface area contributed by atoms with Crippen molar-refractivity contribution < 1.29 is 24.6 Å². The average Bonchev–Trinajstić information content (AvgIpc) is 2.77. The fraction of sp³-hybridized carbons (Fsp3) is 0.211. The van der Waals surface area contributed by atoms with E-state index in [1.54, 1.807) is 12.1 Å². The van der Waals surface area contributed by atoms with E-state index in [1.807, 2.05) is 16.0 Å². The van der Waals surface area contributed by atoms with Crippen LogP contribution in [0.1, 0.15) is 22.5 Å². The summed E-state index contributed by atoms with van der Waals surface area (Å²) in [6.45, 7) is 0.227. The number of fused-ring (bicyclic) bond motifs is 1. The molecule has 1 aromatic carbocycles. The summed E-state index contributed by atoms with van der Waals surface area (Å²) >= 11 is 1.87. The molecule has 0 radical (unpaired) electrons. The summed E-state index contributed by atoms with van der Waals surface area (Å²) < 4.78 is 0. The molecule has 33 heavy (non-hydrogen) atoms. The third-order valence-electron chi connectivity index (χ3n) is 4.45. The molecule has 2 aromatic heterocycles. The van der Waals surface area contributed by atoms with Gasteiger partial charge in [0, 0.05) is 0 Å². The van der Waals surface area contributed by atoms with E-state index in [0.717, 1.165) is 0 Å². The van der Waals surface area contributed by atoms with Gasteiger partial charge in [0.1, 0.15) is 0 Å². The normalized spacial score (nSPS) is 12.6. The van der Waals surface area contributed by atoms with E-state index >= 15 is 0 Å². The van der Waals surface area contributed by atoms with Crippen LogP contribution in [-0.4, -0.2) is 70.0 Å². The molecule has 1 amide bonds.